The Labute approximate surface area is 455 Å². The molecule has 19 heteroatoms. The second-order valence-electron chi connectivity index (χ2n) is 23.0. The Morgan fingerprint density at radius 2 is 1.06 bits per heavy atom. The molecule has 0 saturated heterocycles. The molecule has 0 bridgehead atoms. The van der Waals surface area contributed by atoms with Gasteiger partial charge in [-0.25, -0.2) is 24.0 Å². The average molecular weight is 1080 g/mol. The summed E-state index contributed by atoms with van der Waals surface area (Å²) in [6.45, 7) is 22.9. The van der Waals surface area contributed by atoms with Crippen molar-refractivity contribution >= 4 is 42.0 Å². The maximum Gasteiger partial charge on any atom is 0.408 e. The fraction of sp³-hybridized carbons (Fsp3) is 0.508. The molecule has 12 atom stereocenters. The van der Waals surface area contributed by atoms with E-state index in [-0.39, 0.29) is 41.5 Å². The lowest BCUT2D eigenvalue weighted by atomic mass is 9.56. The maximum absolute atomic E-state index is 14.5. The molecule has 19 nitrogen and oxygen atoms in total. The number of esters is 5. The number of hydrogen-bond acceptors (Lipinski definition) is 17. The van der Waals surface area contributed by atoms with Gasteiger partial charge in [0.05, 0.1) is 28.7 Å². The zero-order valence-electron chi connectivity index (χ0n) is 46.3. The first-order chi connectivity index (χ1) is 36.3. The molecule has 3 aromatic carbocycles. The van der Waals surface area contributed by atoms with E-state index in [0.717, 1.165) is 13.8 Å². The zero-order chi connectivity index (χ0) is 57.9. The molecular formula is C59H74N2O17. The van der Waals surface area contributed by atoms with E-state index in [1.165, 1.54) is 26.0 Å². The van der Waals surface area contributed by atoms with Crippen LogP contribution in [0.15, 0.2) is 114 Å². The number of amides is 2. The van der Waals surface area contributed by atoms with E-state index in [2.05, 4.69) is 17.2 Å². The molecule has 3 aromatic rings. The lowest BCUT2D eigenvalue weighted by molar-refractivity contribution is -0.199. The maximum atomic E-state index is 14.5. The Hall–Kier alpha value is -7.09. The molecule has 0 spiro atoms. The number of aliphatic hydroxyl groups is 3. The first-order valence-corrected chi connectivity index (χ1v) is 25.9. The quantitative estimate of drug-likeness (QED) is 0.0556. The first kappa shape index (κ1) is 60.1. The largest absolute Gasteiger partial charge is 0.462 e. The number of benzene rings is 3. The van der Waals surface area contributed by atoms with Crippen LogP contribution in [0.1, 0.15) is 136 Å². The fourth-order valence-electron chi connectivity index (χ4n) is 11.1. The summed E-state index contributed by atoms with van der Waals surface area (Å²) >= 11 is 0. The highest BCUT2D eigenvalue weighted by atomic mass is 16.6. The van der Waals surface area contributed by atoms with E-state index < -0.39 is 130 Å². The SMILES string of the molecule is C=C1[C@@H](OC(=O)[C@H](O)[C@@H](NC(=O)OC(C)(C)C)c2ccccc2)C[C@H](OC(C)=O)[C@]2(C)[C@@H]1C[C@]1(C(C)(C)O)C[C@H](OC(=O)[C@H](O)[C@@H](NC(=O)OC(C)(C)C)c3ccccc3)C(C)=C1[C@@H](OC(=O)c1ccccc1)[C@@H]2OC(C)=O. The van der Waals surface area contributed by atoms with Crippen molar-refractivity contribution in [3.05, 3.63) is 131 Å². The van der Waals surface area contributed by atoms with E-state index in [1.807, 2.05) is 0 Å². The van der Waals surface area contributed by atoms with Crippen LogP contribution in [0.2, 0.25) is 0 Å². The summed E-state index contributed by atoms with van der Waals surface area (Å²) in [7, 11) is 0. The highest BCUT2D eigenvalue weighted by Crippen LogP contribution is 2.66. The number of ether oxygens (including phenoxy) is 7. The minimum Gasteiger partial charge on any atom is -0.462 e. The predicted molar refractivity (Wildman–Crippen MR) is 282 cm³/mol. The smallest absolute Gasteiger partial charge is 0.408 e. The Kier molecular flexibility index (Phi) is 18.1. The summed E-state index contributed by atoms with van der Waals surface area (Å²) in [5.74, 6) is -6.05. The van der Waals surface area contributed by atoms with E-state index in [0.29, 0.717) is 11.1 Å². The monoisotopic (exact) mass is 1080 g/mol. The van der Waals surface area contributed by atoms with Crippen molar-refractivity contribution in [2.75, 3.05) is 0 Å². The molecule has 0 radical (unpaired) electrons. The van der Waals surface area contributed by atoms with Crippen LogP contribution < -0.4 is 10.6 Å². The molecule has 2 fully saturated rings. The van der Waals surface area contributed by atoms with E-state index >= 15 is 0 Å². The van der Waals surface area contributed by atoms with E-state index in [1.54, 1.807) is 134 Å². The van der Waals surface area contributed by atoms with Gasteiger partial charge >= 0.3 is 42.0 Å². The molecule has 0 unspecified atom stereocenters. The van der Waals surface area contributed by atoms with Crippen LogP contribution in [0.4, 0.5) is 9.59 Å². The highest BCUT2D eigenvalue weighted by Gasteiger charge is 2.70. The minimum atomic E-state index is -2.06. The van der Waals surface area contributed by atoms with Gasteiger partial charge in [0.1, 0.15) is 29.5 Å². The lowest BCUT2D eigenvalue weighted by Crippen LogP contribution is -2.60. The average Bonchev–Trinajstić information content (AvgIpc) is 3.85. The van der Waals surface area contributed by atoms with Crippen LogP contribution in [-0.4, -0.2) is 117 Å². The number of hydrogen-bond donors (Lipinski definition) is 5. The molecule has 78 heavy (non-hydrogen) atoms. The van der Waals surface area contributed by atoms with E-state index in [4.69, 9.17) is 33.2 Å². The normalized spacial score (nSPS) is 25.7. The van der Waals surface area contributed by atoms with Gasteiger partial charge in [-0.3, -0.25) is 9.59 Å². The Bertz CT molecular complexity index is 2740. The summed E-state index contributed by atoms with van der Waals surface area (Å²) in [5.41, 5.74) is -5.74. The van der Waals surface area contributed by atoms with Gasteiger partial charge in [0, 0.05) is 32.1 Å². The molecule has 6 rings (SSSR count). The summed E-state index contributed by atoms with van der Waals surface area (Å²) in [6.07, 6.45) is -14.0. The number of rotatable bonds is 15. The van der Waals surface area contributed by atoms with E-state index in [9.17, 15) is 48.9 Å². The summed E-state index contributed by atoms with van der Waals surface area (Å²) in [4.78, 5) is 96.7. The Morgan fingerprint density at radius 1 is 0.628 bits per heavy atom. The van der Waals surface area contributed by atoms with Gasteiger partial charge in [-0.05, 0) is 115 Å². The number of carbonyl (C=O) groups is 7. The van der Waals surface area contributed by atoms with Gasteiger partial charge in [-0.1, -0.05) is 92.4 Å². The van der Waals surface area contributed by atoms with Crippen LogP contribution in [0, 0.1) is 16.7 Å². The fourth-order valence-corrected chi connectivity index (χ4v) is 11.1. The second kappa shape index (κ2) is 23.5. The first-order valence-electron chi connectivity index (χ1n) is 25.9. The second-order valence-corrected chi connectivity index (χ2v) is 23.0. The standard InChI is InChI=1S/C59H74N2O17/c1-32-39-30-59(57(11,12)71)31-41(75-52(68)47(65)45(37-25-19-15-20-26-37)61-54(70)78-56(8,9)10)33(2)43(59)48(76-50(66)38-27-21-16-22-28-38)49(73-35(4)63)58(39,13)42(72-34(3)62)29-40(32)74-51(67)46(64)44(36-23-17-14-18-24-36)60-53(69)77-55(5,6)7/h14-28,39-42,44-49,64-65,71H,1,29-31H2,2-13H3,(H,60,69)(H,61,70)/t39-,40+,41+,42+,44+,45+,46-,47-,48-,49+,58+,59+/m1/s1. The number of aliphatic hydroxyl groups excluding tert-OH is 2. The molecule has 3 aliphatic carbocycles. The van der Waals surface area contributed by atoms with Crippen molar-refractivity contribution in [3.8, 4) is 0 Å². The molecule has 3 aliphatic rings. The van der Waals surface area contributed by atoms with Crippen LogP contribution in [0.25, 0.3) is 0 Å². The van der Waals surface area contributed by atoms with Gasteiger partial charge in [0.15, 0.2) is 24.4 Å². The number of alkyl carbamates (subject to hydrolysis) is 2. The molecule has 0 heterocycles. The van der Waals surface area contributed by atoms with Crippen molar-refractivity contribution in [1.29, 1.82) is 0 Å². The predicted octanol–water partition coefficient (Wildman–Crippen LogP) is 7.62. The molecular weight excluding hydrogens is 1010 g/mol. The van der Waals surface area contributed by atoms with Gasteiger partial charge in [-0.2, -0.15) is 0 Å². The van der Waals surface area contributed by atoms with Gasteiger partial charge in [0.25, 0.3) is 0 Å². The lowest BCUT2D eigenvalue weighted by Gasteiger charge is -2.53. The van der Waals surface area contributed by atoms with Crippen LogP contribution in [-0.2, 0) is 52.3 Å². The third-order valence-electron chi connectivity index (χ3n) is 14.7. The van der Waals surface area contributed by atoms with Crippen LogP contribution in [0.5, 0.6) is 0 Å². The molecule has 2 saturated carbocycles. The molecule has 5 N–H and O–H groups in total. The number of carbonyl (C=O) groups excluding carboxylic acids is 7. The molecule has 2 amide bonds. The summed E-state index contributed by atoms with van der Waals surface area (Å²) < 4.78 is 42.3. The van der Waals surface area contributed by atoms with Gasteiger partial charge in [-0.15, -0.1) is 0 Å². The minimum absolute atomic E-state index is 0.0933. The van der Waals surface area contributed by atoms with Gasteiger partial charge < -0.3 is 59.1 Å². The molecule has 422 valence electrons. The number of nitrogens with one attached hydrogen (secondary N) is 2. The zero-order valence-corrected chi connectivity index (χ0v) is 46.3. The van der Waals surface area contributed by atoms with Crippen molar-refractivity contribution in [2.45, 2.75) is 174 Å². The summed E-state index contributed by atoms with van der Waals surface area (Å²) in [5, 5.41) is 41.7. The van der Waals surface area contributed by atoms with Crippen molar-refractivity contribution in [1.82, 2.24) is 10.6 Å². The number of fused-ring (bicyclic) bond motifs is 2. The highest BCUT2D eigenvalue weighted by molar-refractivity contribution is 5.89. The third kappa shape index (κ3) is 13.4. The Balaban J connectivity index is 1.49. The summed E-state index contributed by atoms with van der Waals surface area (Å²) in [6, 6.07) is 21.5. The van der Waals surface area contributed by atoms with Crippen molar-refractivity contribution < 1.29 is 82.0 Å². The topological polar surface area (TPSA) is 269 Å². The molecule has 0 aliphatic heterocycles. The molecule has 0 aromatic heterocycles. The van der Waals surface area contributed by atoms with Crippen molar-refractivity contribution in [3.63, 3.8) is 0 Å². The Morgan fingerprint density at radius 3 is 1.49 bits per heavy atom. The third-order valence-corrected chi connectivity index (χ3v) is 14.7. The van der Waals surface area contributed by atoms with Crippen LogP contribution >= 0.6 is 0 Å². The van der Waals surface area contributed by atoms with Crippen LogP contribution in [0.3, 0.4) is 0 Å². The van der Waals surface area contributed by atoms with Gasteiger partial charge in [0.2, 0.25) is 0 Å². The van der Waals surface area contributed by atoms with Crippen molar-refractivity contribution in [2.24, 2.45) is 16.7 Å².